The SMILES string of the molecule is CC(C)Oc1ccc(-c2ccc(OCc3ccccc3)nc2)c(CN)c1. The summed E-state index contributed by atoms with van der Waals surface area (Å²) in [6.45, 7) is 4.96. The minimum atomic E-state index is 0.134. The van der Waals surface area contributed by atoms with Gasteiger partial charge in [0.25, 0.3) is 0 Å². The van der Waals surface area contributed by atoms with Crippen molar-refractivity contribution in [1.29, 1.82) is 0 Å². The van der Waals surface area contributed by atoms with Crippen molar-refractivity contribution >= 4 is 0 Å². The number of hydrogen-bond donors (Lipinski definition) is 1. The smallest absolute Gasteiger partial charge is 0.213 e. The Bertz CT molecular complexity index is 831. The van der Waals surface area contributed by atoms with Gasteiger partial charge >= 0.3 is 0 Å². The number of aromatic nitrogens is 1. The highest BCUT2D eigenvalue weighted by Crippen LogP contribution is 2.28. The maximum Gasteiger partial charge on any atom is 0.213 e. The van der Waals surface area contributed by atoms with Gasteiger partial charge < -0.3 is 15.2 Å². The van der Waals surface area contributed by atoms with Crippen LogP contribution in [0.2, 0.25) is 0 Å². The molecule has 0 unspecified atom stereocenters. The number of pyridine rings is 1. The number of nitrogens with zero attached hydrogens (tertiary/aromatic N) is 1. The Hall–Kier alpha value is -2.85. The maximum absolute atomic E-state index is 5.93. The van der Waals surface area contributed by atoms with Crippen molar-refractivity contribution in [2.75, 3.05) is 0 Å². The summed E-state index contributed by atoms with van der Waals surface area (Å²) in [4.78, 5) is 4.42. The highest BCUT2D eigenvalue weighted by Gasteiger charge is 2.08. The van der Waals surface area contributed by atoms with Crippen LogP contribution in [0.3, 0.4) is 0 Å². The Kier molecular flexibility index (Phi) is 5.87. The summed E-state index contributed by atoms with van der Waals surface area (Å²) in [6.07, 6.45) is 1.95. The molecule has 134 valence electrons. The lowest BCUT2D eigenvalue weighted by atomic mass is 10.0. The average Bonchev–Trinajstić information content (AvgIpc) is 2.67. The van der Waals surface area contributed by atoms with Crippen LogP contribution >= 0.6 is 0 Å². The summed E-state index contributed by atoms with van der Waals surface area (Å²) in [6, 6.07) is 19.9. The predicted octanol–water partition coefficient (Wildman–Crippen LogP) is 4.57. The first-order valence-corrected chi connectivity index (χ1v) is 8.78. The van der Waals surface area contributed by atoms with Crippen molar-refractivity contribution in [3.05, 3.63) is 78.0 Å². The molecule has 0 fully saturated rings. The van der Waals surface area contributed by atoms with Crippen LogP contribution in [0.1, 0.15) is 25.0 Å². The molecule has 1 heterocycles. The molecule has 0 amide bonds. The molecule has 4 heteroatoms. The Morgan fingerprint density at radius 2 is 1.81 bits per heavy atom. The molecule has 0 saturated heterocycles. The van der Waals surface area contributed by atoms with Gasteiger partial charge in [0.1, 0.15) is 12.4 Å². The summed E-state index contributed by atoms with van der Waals surface area (Å²) in [7, 11) is 0. The number of ether oxygens (including phenoxy) is 2. The molecule has 0 atom stereocenters. The van der Waals surface area contributed by atoms with Crippen LogP contribution in [0.5, 0.6) is 11.6 Å². The van der Waals surface area contributed by atoms with Crippen LogP contribution in [0.25, 0.3) is 11.1 Å². The van der Waals surface area contributed by atoms with Crippen LogP contribution in [0.4, 0.5) is 0 Å². The monoisotopic (exact) mass is 348 g/mol. The summed E-state index contributed by atoms with van der Waals surface area (Å²) in [5.41, 5.74) is 10.1. The van der Waals surface area contributed by atoms with Crippen LogP contribution in [-0.4, -0.2) is 11.1 Å². The van der Waals surface area contributed by atoms with Crippen LogP contribution in [0.15, 0.2) is 66.9 Å². The first-order valence-electron chi connectivity index (χ1n) is 8.78. The van der Waals surface area contributed by atoms with Crippen molar-refractivity contribution in [2.45, 2.75) is 33.1 Å². The molecule has 0 aliphatic carbocycles. The molecule has 26 heavy (non-hydrogen) atoms. The van der Waals surface area contributed by atoms with Crippen LogP contribution < -0.4 is 15.2 Å². The summed E-state index contributed by atoms with van der Waals surface area (Å²) < 4.78 is 11.5. The van der Waals surface area contributed by atoms with Gasteiger partial charge in [0.05, 0.1) is 6.10 Å². The lowest BCUT2D eigenvalue weighted by Crippen LogP contribution is -2.07. The van der Waals surface area contributed by atoms with Crippen LogP contribution in [-0.2, 0) is 13.2 Å². The Balaban J connectivity index is 1.73. The Morgan fingerprint density at radius 1 is 1.00 bits per heavy atom. The lowest BCUT2D eigenvalue weighted by Gasteiger charge is -2.14. The highest BCUT2D eigenvalue weighted by atomic mass is 16.5. The molecule has 0 aliphatic heterocycles. The third-order valence-corrected chi connectivity index (χ3v) is 3.95. The van der Waals surface area contributed by atoms with E-state index in [1.165, 1.54) is 0 Å². The Morgan fingerprint density at radius 3 is 2.46 bits per heavy atom. The van der Waals surface area contributed by atoms with Crippen LogP contribution in [0, 0.1) is 0 Å². The third kappa shape index (κ3) is 4.61. The molecule has 2 N–H and O–H groups in total. The molecular formula is C22H24N2O2. The van der Waals surface area contributed by atoms with E-state index < -0.39 is 0 Å². The normalized spacial score (nSPS) is 10.8. The van der Waals surface area contributed by atoms with E-state index in [4.69, 9.17) is 15.2 Å². The van der Waals surface area contributed by atoms with Gasteiger partial charge in [-0.05, 0) is 48.7 Å². The van der Waals surface area contributed by atoms with E-state index in [9.17, 15) is 0 Å². The number of hydrogen-bond acceptors (Lipinski definition) is 4. The first-order chi connectivity index (χ1) is 12.7. The number of rotatable bonds is 7. The van der Waals surface area contributed by atoms with Gasteiger partial charge in [-0.25, -0.2) is 4.98 Å². The summed E-state index contributed by atoms with van der Waals surface area (Å²) in [5.74, 6) is 1.44. The molecule has 0 aliphatic rings. The number of benzene rings is 2. The van der Waals surface area contributed by atoms with Crippen molar-refractivity contribution in [3.63, 3.8) is 0 Å². The lowest BCUT2D eigenvalue weighted by molar-refractivity contribution is 0.242. The third-order valence-electron chi connectivity index (χ3n) is 3.95. The fourth-order valence-electron chi connectivity index (χ4n) is 2.72. The second-order valence-corrected chi connectivity index (χ2v) is 6.35. The van der Waals surface area contributed by atoms with Gasteiger partial charge in [-0.2, -0.15) is 0 Å². The van der Waals surface area contributed by atoms with Crippen molar-refractivity contribution in [2.24, 2.45) is 5.73 Å². The molecule has 0 spiro atoms. The standard InChI is InChI=1S/C22H24N2O2/c1-16(2)26-20-9-10-21(19(12-20)13-23)18-8-11-22(24-14-18)25-15-17-6-4-3-5-7-17/h3-12,14,16H,13,15,23H2,1-2H3. The predicted molar refractivity (Wildman–Crippen MR) is 104 cm³/mol. The van der Waals surface area contributed by atoms with Gasteiger partial charge in [0, 0.05) is 24.4 Å². The van der Waals surface area contributed by atoms with Crippen molar-refractivity contribution < 1.29 is 9.47 Å². The quantitative estimate of drug-likeness (QED) is 0.679. The topological polar surface area (TPSA) is 57.4 Å². The maximum atomic E-state index is 5.93. The molecule has 0 bridgehead atoms. The molecule has 0 saturated carbocycles. The zero-order chi connectivity index (χ0) is 18.4. The summed E-state index contributed by atoms with van der Waals surface area (Å²) in [5, 5.41) is 0. The first kappa shape index (κ1) is 18.0. The average molecular weight is 348 g/mol. The van der Waals surface area contributed by atoms with Gasteiger partial charge in [-0.1, -0.05) is 36.4 Å². The van der Waals surface area contributed by atoms with E-state index in [0.29, 0.717) is 19.0 Å². The molecular weight excluding hydrogens is 324 g/mol. The van der Waals surface area contributed by atoms with E-state index in [-0.39, 0.29) is 6.10 Å². The zero-order valence-corrected chi connectivity index (χ0v) is 15.2. The van der Waals surface area contributed by atoms with E-state index in [2.05, 4.69) is 4.98 Å². The number of nitrogens with two attached hydrogens (primary N) is 1. The molecule has 1 aromatic heterocycles. The van der Waals surface area contributed by atoms with Crippen molar-refractivity contribution in [3.8, 4) is 22.8 Å². The van der Waals surface area contributed by atoms with E-state index in [0.717, 1.165) is 28.0 Å². The van der Waals surface area contributed by atoms with Gasteiger partial charge in [-0.15, -0.1) is 0 Å². The summed E-state index contributed by atoms with van der Waals surface area (Å²) >= 11 is 0. The second kappa shape index (κ2) is 8.50. The molecule has 0 radical (unpaired) electrons. The molecule has 3 aromatic rings. The van der Waals surface area contributed by atoms with Gasteiger partial charge in [-0.3, -0.25) is 0 Å². The molecule has 4 nitrogen and oxygen atoms in total. The Labute approximate surface area is 154 Å². The van der Waals surface area contributed by atoms with E-state index >= 15 is 0 Å². The largest absolute Gasteiger partial charge is 0.491 e. The highest BCUT2D eigenvalue weighted by molar-refractivity contribution is 5.68. The van der Waals surface area contributed by atoms with E-state index in [1.807, 2.05) is 80.7 Å². The van der Waals surface area contributed by atoms with Crippen molar-refractivity contribution in [1.82, 2.24) is 4.98 Å². The molecule has 3 rings (SSSR count). The fourth-order valence-corrected chi connectivity index (χ4v) is 2.72. The minimum absolute atomic E-state index is 0.134. The second-order valence-electron chi connectivity index (χ2n) is 6.35. The fraction of sp³-hybridized carbons (Fsp3) is 0.227. The zero-order valence-electron chi connectivity index (χ0n) is 15.2. The van der Waals surface area contributed by atoms with E-state index in [1.54, 1.807) is 0 Å². The molecule has 2 aromatic carbocycles. The minimum Gasteiger partial charge on any atom is -0.491 e. The van der Waals surface area contributed by atoms with Gasteiger partial charge in [0.15, 0.2) is 0 Å². The van der Waals surface area contributed by atoms with Gasteiger partial charge in [0.2, 0.25) is 5.88 Å².